The van der Waals surface area contributed by atoms with E-state index in [0.717, 1.165) is 6.07 Å². The second-order valence-corrected chi connectivity index (χ2v) is 4.30. The molecule has 0 spiro atoms. The van der Waals surface area contributed by atoms with Crippen LogP contribution in [0.4, 0.5) is 13.2 Å². The number of rotatable bonds is 6. The van der Waals surface area contributed by atoms with Gasteiger partial charge in [-0.05, 0) is 24.6 Å². The third-order valence-electron chi connectivity index (χ3n) is 2.77. The average molecular weight is 289 g/mol. The molecule has 7 heteroatoms. The summed E-state index contributed by atoms with van der Waals surface area (Å²) in [5, 5.41) is 10.8. The molecule has 0 aliphatic carbocycles. The van der Waals surface area contributed by atoms with Gasteiger partial charge in [-0.15, -0.1) is 0 Å². The summed E-state index contributed by atoms with van der Waals surface area (Å²) in [6.45, 7) is 1.44. The molecule has 20 heavy (non-hydrogen) atoms. The van der Waals surface area contributed by atoms with Gasteiger partial charge in [0.25, 0.3) is 0 Å². The molecule has 0 saturated carbocycles. The summed E-state index contributed by atoms with van der Waals surface area (Å²) in [4.78, 5) is 22.6. The van der Waals surface area contributed by atoms with Gasteiger partial charge in [0.2, 0.25) is 12.3 Å². The van der Waals surface area contributed by atoms with Crippen LogP contribution in [0.15, 0.2) is 24.3 Å². The summed E-state index contributed by atoms with van der Waals surface area (Å²) in [6.07, 6.45) is -3.82. The maximum absolute atomic E-state index is 13.0. The van der Waals surface area contributed by atoms with Crippen molar-refractivity contribution >= 4 is 11.9 Å². The summed E-state index contributed by atoms with van der Waals surface area (Å²) in [7, 11) is 0. The topological polar surface area (TPSA) is 66.4 Å². The van der Waals surface area contributed by atoms with Gasteiger partial charge in [-0.2, -0.15) is 0 Å². The number of nitrogens with one attached hydrogen (secondary N) is 1. The Labute approximate surface area is 113 Å². The quantitative estimate of drug-likeness (QED) is 0.843. The minimum atomic E-state index is -2.85. The number of alkyl halides is 2. The highest BCUT2D eigenvalue weighted by atomic mass is 19.3. The van der Waals surface area contributed by atoms with Gasteiger partial charge in [-0.25, -0.2) is 18.0 Å². The Morgan fingerprint density at radius 2 is 2.00 bits per heavy atom. The minimum Gasteiger partial charge on any atom is -0.480 e. The highest BCUT2D eigenvalue weighted by Gasteiger charge is 2.26. The number of halogens is 3. The predicted octanol–water partition coefficient (Wildman–Crippen LogP) is 2.15. The van der Waals surface area contributed by atoms with Crippen molar-refractivity contribution in [3.63, 3.8) is 0 Å². The highest BCUT2D eigenvalue weighted by molar-refractivity contribution is 5.87. The molecule has 0 bridgehead atoms. The SMILES string of the molecule is CC(C(=O)NC(CC(F)F)C(=O)O)c1cccc(F)c1. The van der Waals surface area contributed by atoms with Crippen molar-refractivity contribution in [2.45, 2.75) is 31.7 Å². The van der Waals surface area contributed by atoms with E-state index in [0.29, 0.717) is 5.56 Å². The van der Waals surface area contributed by atoms with E-state index in [2.05, 4.69) is 0 Å². The van der Waals surface area contributed by atoms with Crippen LogP contribution in [0.25, 0.3) is 0 Å². The number of carboxylic acid groups (broad SMARTS) is 1. The van der Waals surface area contributed by atoms with Gasteiger partial charge >= 0.3 is 5.97 Å². The van der Waals surface area contributed by atoms with E-state index in [4.69, 9.17) is 5.11 Å². The van der Waals surface area contributed by atoms with E-state index in [9.17, 15) is 22.8 Å². The molecule has 1 rings (SSSR count). The van der Waals surface area contributed by atoms with Crippen LogP contribution in [0.2, 0.25) is 0 Å². The molecule has 4 nitrogen and oxygen atoms in total. The van der Waals surface area contributed by atoms with Crippen LogP contribution in [0.5, 0.6) is 0 Å². The van der Waals surface area contributed by atoms with Gasteiger partial charge in [-0.3, -0.25) is 4.79 Å². The van der Waals surface area contributed by atoms with Crippen molar-refractivity contribution in [3.8, 4) is 0 Å². The fraction of sp³-hybridized carbons (Fsp3) is 0.385. The van der Waals surface area contributed by atoms with E-state index >= 15 is 0 Å². The third kappa shape index (κ3) is 4.56. The fourth-order valence-electron chi connectivity index (χ4n) is 1.62. The summed E-state index contributed by atoms with van der Waals surface area (Å²) >= 11 is 0. The lowest BCUT2D eigenvalue weighted by Crippen LogP contribution is -2.43. The average Bonchev–Trinajstić information content (AvgIpc) is 2.36. The second-order valence-electron chi connectivity index (χ2n) is 4.30. The molecule has 110 valence electrons. The van der Waals surface area contributed by atoms with Crippen molar-refractivity contribution in [1.29, 1.82) is 0 Å². The van der Waals surface area contributed by atoms with Crippen molar-refractivity contribution in [1.82, 2.24) is 5.32 Å². The largest absolute Gasteiger partial charge is 0.480 e. The Bertz CT molecular complexity index is 494. The van der Waals surface area contributed by atoms with Crippen LogP contribution in [-0.4, -0.2) is 29.5 Å². The molecular formula is C13H14F3NO3. The van der Waals surface area contributed by atoms with Gasteiger partial charge in [0.1, 0.15) is 11.9 Å². The number of benzene rings is 1. The summed E-state index contributed by atoms with van der Waals surface area (Å²) in [5.74, 6) is -3.66. The zero-order chi connectivity index (χ0) is 15.3. The van der Waals surface area contributed by atoms with Gasteiger partial charge in [0.15, 0.2) is 0 Å². The lowest BCUT2D eigenvalue weighted by molar-refractivity contribution is -0.143. The summed E-state index contributed by atoms with van der Waals surface area (Å²) in [6, 6.07) is 3.56. The molecule has 2 unspecified atom stereocenters. The molecule has 0 aromatic heterocycles. The number of hydrogen-bond donors (Lipinski definition) is 2. The first-order valence-corrected chi connectivity index (χ1v) is 5.88. The number of carbonyl (C=O) groups excluding carboxylic acids is 1. The van der Waals surface area contributed by atoms with Crippen LogP contribution in [0, 0.1) is 5.82 Å². The van der Waals surface area contributed by atoms with E-state index in [1.807, 2.05) is 5.32 Å². The molecule has 0 fully saturated rings. The van der Waals surface area contributed by atoms with Gasteiger partial charge in [-0.1, -0.05) is 12.1 Å². The molecule has 2 atom stereocenters. The van der Waals surface area contributed by atoms with Crippen LogP contribution >= 0.6 is 0 Å². The highest BCUT2D eigenvalue weighted by Crippen LogP contribution is 2.17. The standard InChI is InChI=1S/C13H14F3NO3/c1-7(8-3-2-4-9(14)5-8)12(18)17-10(13(19)20)6-11(15)16/h2-5,7,10-11H,6H2,1H3,(H,17,18)(H,19,20). The molecule has 1 aromatic carbocycles. The molecule has 0 heterocycles. The molecule has 0 radical (unpaired) electrons. The number of aliphatic carboxylic acids is 1. The minimum absolute atomic E-state index is 0.337. The molecule has 0 aliphatic rings. The van der Waals surface area contributed by atoms with Gasteiger partial charge in [0.05, 0.1) is 5.92 Å². The smallest absolute Gasteiger partial charge is 0.326 e. The zero-order valence-electron chi connectivity index (χ0n) is 10.6. The van der Waals surface area contributed by atoms with E-state index in [1.165, 1.54) is 25.1 Å². The molecule has 1 aromatic rings. The van der Waals surface area contributed by atoms with Crippen molar-refractivity contribution in [2.24, 2.45) is 0 Å². The molecular weight excluding hydrogens is 275 g/mol. The summed E-state index contributed by atoms with van der Waals surface area (Å²) in [5.41, 5.74) is 0.337. The Balaban J connectivity index is 2.76. The zero-order valence-corrected chi connectivity index (χ0v) is 10.6. The Kier molecular flexibility index (Phi) is 5.54. The lowest BCUT2D eigenvalue weighted by Gasteiger charge is -2.17. The van der Waals surface area contributed by atoms with Crippen molar-refractivity contribution in [3.05, 3.63) is 35.6 Å². The summed E-state index contributed by atoms with van der Waals surface area (Å²) < 4.78 is 37.4. The Morgan fingerprint density at radius 3 is 2.50 bits per heavy atom. The Morgan fingerprint density at radius 1 is 1.35 bits per heavy atom. The van der Waals surface area contributed by atoms with Gasteiger partial charge < -0.3 is 10.4 Å². The first-order valence-electron chi connectivity index (χ1n) is 5.88. The number of hydrogen-bond acceptors (Lipinski definition) is 2. The van der Waals surface area contributed by atoms with Crippen LogP contribution < -0.4 is 5.32 Å². The number of amides is 1. The normalized spacial score (nSPS) is 13.8. The van der Waals surface area contributed by atoms with E-state index in [-0.39, 0.29) is 0 Å². The monoisotopic (exact) mass is 289 g/mol. The number of carbonyl (C=O) groups is 2. The van der Waals surface area contributed by atoms with E-state index < -0.39 is 42.5 Å². The van der Waals surface area contributed by atoms with Crippen molar-refractivity contribution in [2.75, 3.05) is 0 Å². The number of carboxylic acids is 1. The Hall–Kier alpha value is -2.05. The second kappa shape index (κ2) is 6.93. The van der Waals surface area contributed by atoms with Gasteiger partial charge in [0, 0.05) is 6.42 Å². The van der Waals surface area contributed by atoms with Crippen LogP contribution in [0.1, 0.15) is 24.8 Å². The van der Waals surface area contributed by atoms with Crippen molar-refractivity contribution < 1.29 is 27.9 Å². The maximum atomic E-state index is 13.0. The maximum Gasteiger partial charge on any atom is 0.326 e. The molecule has 2 N–H and O–H groups in total. The van der Waals surface area contributed by atoms with Crippen LogP contribution in [0.3, 0.4) is 0 Å². The van der Waals surface area contributed by atoms with E-state index in [1.54, 1.807) is 0 Å². The van der Waals surface area contributed by atoms with Crippen LogP contribution in [-0.2, 0) is 9.59 Å². The third-order valence-corrected chi connectivity index (χ3v) is 2.77. The fourth-order valence-corrected chi connectivity index (χ4v) is 1.62. The molecule has 0 aliphatic heterocycles. The molecule has 1 amide bonds. The predicted molar refractivity (Wildman–Crippen MR) is 65.0 cm³/mol. The molecule has 0 saturated heterocycles. The first-order chi connectivity index (χ1) is 9.31. The first kappa shape index (κ1) is 16.0. The lowest BCUT2D eigenvalue weighted by atomic mass is 9.99.